The van der Waals surface area contributed by atoms with Crippen molar-refractivity contribution in [3.63, 3.8) is 0 Å². The van der Waals surface area contributed by atoms with Gasteiger partial charge in [0.15, 0.2) is 0 Å². The minimum atomic E-state index is 0.333. The molecule has 0 saturated heterocycles. The van der Waals surface area contributed by atoms with Crippen molar-refractivity contribution in [2.45, 2.75) is 25.7 Å². The topological polar surface area (TPSA) is 26.3 Å². The molecule has 1 aromatic carbocycles. The largest absolute Gasteiger partial charge is 0.497 e. The lowest BCUT2D eigenvalue weighted by molar-refractivity contribution is -0.118. The van der Waals surface area contributed by atoms with Crippen LogP contribution in [0.15, 0.2) is 24.3 Å². The fourth-order valence-electron chi connectivity index (χ4n) is 1.55. The molecule has 0 atom stereocenters. The summed E-state index contributed by atoms with van der Waals surface area (Å²) in [6, 6.07) is 8.00. The monoisotopic (exact) mass is 284 g/mol. The molecule has 0 spiro atoms. The van der Waals surface area contributed by atoms with E-state index in [9.17, 15) is 4.79 Å². The Bertz CT molecular complexity index is 336. The Morgan fingerprint density at radius 1 is 1.38 bits per heavy atom. The first kappa shape index (κ1) is 13.2. The van der Waals surface area contributed by atoms with E-state index in [1.807, 2.05) is 18.2 Å². The number of ketones is 1. The van der Waals surface area contributed by atoms with Crippen LogP contribution in [0.1, 0.15) is 24.8 Å². The number of aryl methyl sites for hydroxylation is 1. The summed E-state index contributed by atoms with van der Waals surface area (Å²) in [5, 5.41) is 0.769. The Hall–Kier alpha value is -0.830. The van der Waals surface area contributed by atoms with E-state index in [4.69, 9.17) is 4.74 Å². The molecule has 1 rings (SSSR count). The highest BCUT2D eigenvalue weighted by molar-refractivity contribution is 9.09. The zero-order chi connectivity index (χ0) is 11.8. The van der Waals surface area contributed by atoms with E-state index in [-0.39, 0.29) is 0 Å². The third-order valence-corrected chi connectivity index (χ3v) is 2.83. The van der Waals surface area contributed by atoms with Gasteiger partial charge < -0.3 is 4.74 Å². The molecule has 0 saturated carbocycles. The van der Waals surface area contributed by atoms with Gasteiger partial charge in [0, 0.05) is 18.2 Å². The molecule has 0 radical (unpaired) electrons. The number of carbonyl (C=O) groups is 1. The number of hydrogen-bond donors (Lipinski definition) is 0. The summed E-state index contributed by atoms with van der Waals surface area (Å²) >= 11 is 3.27. The SMILES string of the molecule is COc1cccc(CCCC(=O)CCBr)c1. The molecule has 0 unspecified atom stereocenters. The fraction of sp³-hybridized carbons (Fsp3) is 0.462. The van der Waals surface area contributed by atoms with E-state index < -0.39 is 0 Å². The second kappa shape index (κ2) is 7.44. The summed E-state index contributed by atoms with van der Waals surface area (Å²) in [6.07, 6.45) is 3.16. The highest BCUT2D eigenvalue weighted by atomic mass is 79.9. The van der Waals surface area contributed by atoms with Crippen LogP contribution in [0.5, 0.6) is 5.75 Å². The van der Waals surface area contributed by atoms with Crippen LogP contribution in [-0.2, 0) is 11.2 Å². The van der Waals surface area contributed by atoms with Crippen molar-refractivity contribution in [3.8, 4) is 5.75 Å². The van der Waals surface area contributed by atoms with Crippen LogP contribution >= 0.6 is 15.9 Å². The lowest BCUT2D eigenvalue weighted by Crippen LogP contribution is -1.99. The van der Waals surface area contributed by atoms with Crippen LogP contribution in [0.4, 0.5) is 0 Å². The lowest BCUT2D eigenvalue weighted by Gasteiger charge is -2.04. The molecule has 0 aromatic heterocycles. The first-order chi connectivity index (χ1) is 7.76. The van der Waals surface area contributed by atoms with Gasteiger partial charge in [0.2, 0.25) is 0 Å². The van der Waals surface area contributed by atoms with Crippen LogP contribution < -0.4 is 4.74 Å². The second-order valence-electron chi connectivity index (χ2n) is 3.68. The normalized spacial score (nSPS) is 10.1. The van der Waals surface area contributed by atoms with Gasteiger partial charge in [-0.15, -0.1) is 0 Å². The first-order valence-electron chi connectivity index (χ1n) is 5.47. The average molecular weight is 285 g/mol. The van der Waals surface area contributed by atoms with Crippen molar-refractivity contribution in [3.05, 3.63) is 29.8 Å². The summed E-state index contributed by atoms with van der Waals surface area (Å²) in [6.45, 7) is 0. The number of alkyl halides is 1. The number of methoxy groups -OCH3 is 1. The summed E-state index contributed by atoms with van der Waals surface area (Å²) in [7, 11) is 1.67. The first-order valence-corrected chi connectivity index (χ1v) is 6.59. The van der Waals surface area contributed by atoms with Gasteiger partial charge in [0.1, 0.15) is 11.5 Å². The maximum Gasteiger partial charge on any atom is 0.133 e. The molecule has 88 valence electrons. The lowest BCUT2D eigenvalue weighted by atomic mass is 10.1. The summed E-state index contributed by atoms with van der Waals surface area (Å²) in [5.41, 5.74) is 1.23. The Labute approximate surface area is 105 Å². The molecular weight excluding hydrogens is 268 g/mol. The Morgan fingerprint density at radius 3 is 2.88 bits per heavy atom. The third kappa shape index (κ3) is 4.79. The highest BCUT2D eigenvalue weighted by Gasteiger charge is 2.01. The fourth-order valence-corrected chi connectivity index (χ4v) is 1.99. The maximum absolute atomic E-state index is 11.3. The molecule has 0 N–H and O–H groups in total. The van der Waals surface area contributed by atoms with E-state index in [2.05, 4.69) is 22.0 Å². The van der Waals surface area contributed by atoms with Gasteiger partial charge in [-0.05, 0) is 30.5 Å². The number of carbonyl (C=O) groups excluding carboxylic acids is 1. The molecule has 0 aliphatic carbocycles. The molecule has 0 fully saturated rings. The van der Waals surface area contributed by atoms with Gasteiger partial charge in [-0.25, -0.2) is 0 Å². The van der Waals surface area contributed by atoms with Crippen molar-refractivity contribution in [2.24, 2.45) is 0 Å². The van der Waals surface area contributed by atoms with Crippen LogP contribution in [0.25, 0.3) is 0 Å². The number of benzene rings is 1. The minimum absolute atomic E-state index is 0.333. The van der Waals surface area contributed by atoms with Gasteiger partial charge in [-0.2, -0.15) is 0 Å². The number of Topliss-reactive ketones (excluding diaryl/α,β-unsaturated/α-hetero) is 1. The van der Waals surface area contributed by atoms with Crippen molar-refractivity contribution in [1.82, 2.24) is 0 Å². The average Bonchev–Trinajstić information content (AvgIpc) is 2.30. The van der Waals surface area contributed by atoms with Gasteiger partial charge >= 0.3 is 0 Å². The number of ether oxygens (including phenoxy) is 1. The molecule has 0 aliphatic rings. The molecule has 1 aromatic rings. The van der Waals surface area contributed by atoms with Gasteiger partial charge in [-0.3, -0.25) is 4.79 Å². The molecule has 16 heavy (non-hydrogen) atoms. The van der Waals surface area contributed by atoms with E-state index in [0.29, 0.717) is 18.6 Å². The quantitative estimate of drug-likeness (QED) is 0.718. The smallest absolute Gasteiger partial charge is 0.133 e. The van der Waals surface area contributed by atoms with E-state index in [1.54, 1.807) is 7.11 Å². The van der Waals surface area contributed by atoms with Gasteiger partial charge in [0.25, 0.3) is 0 Å². The second-order valence-corrected chi connectivity index (χ2v) is 4.48. The van der Waals surface area contributed by atoms with E-state index in [1.165, 1.54) is 5.56 Å². The number of halogens is 1. The molecular formula is C13H17BrO2. The van der Waals surface area contributed by atoms with Crippen LogP contribution in [0.2, 0.25) is 0 Å². The number of rotatable bonds is 7. The predicted octanol–water partition coefficient (Wildman–Crippen LogP) is 3.37. The summed E-state index contributed by atoms with van der Waals surface area (Å²) in [5.74, 6) is 1.21. The van der Waals surface area contributed by atoms with E-state index >= 15 is 0 Å². The Balaban J connectivity index is 2.34. The van der Waals surface area contributed by atoms with Gasteiger partial charge in [0.05, 0.1) is 7.11 Å². The molecule has 0 bridgehead atoms. The van der Waals surface area contributed by atoms with Crippen molar-refractivity contribution in [1.29, 1.82) is 0 Å². The molecule has 0 amide bonds. The molecule has 0 aliphatic heterocycles. The predicted molar refractivity (Wildman–Crippen MR) is 69.4 cm³/mol. The Kier molecular flexibility index (Phi) is 6.16. The van der Waals surface area contributed by atoms with Crippen LogP contribution in [0.3, 0.4) is 0 Å². The van der Waals surface area contributed by atoms with Crippen LogP contribution in [0, 0.1) is 0 Å². The van der Waals surface area contributed by atoms with Gasteiger partial charge in [-0.1, -0.05) is 28.1 Å². The minimum Gasteiger partial charge on any atom is -0.497 e. The van der Waals surface area contributed by atoms with Crippen molar-refractivity contribution >= 4 is 21.7 Å². The third-order valence-electron chi connectivity index (χ3n) is 2.43. The standard InChI is InChI=1S/C13H17BrO2/c1-16-13-7-3-5-11(10-13)4-2-6-12(15)8-9-14/h3,5,7,10H,2,4,6,8-9H2,1H3. The maximum atomic E-state index is 11.3. The summed E-state index contributed by atoms with van der Waals surface area (Å²) in [4.78, 5) is 11.3. The van der Waals surface area contributed by atoms with E-state index in [0.717, 1.165) is 23.9 Å². The van der Waals surface area contributed by atoms with Crippen molar-refractivity contribution < 1.29 is 9.53 Å². The zero-order valence-corrected chi connectivity index (χ0v) is 11.1. The number of hydrogen-bond acceptors (Lipinski definition) is 2. The van der Waals surface area contributed by atoms with Crippen molar-refractivity contribution in [2.75, 3.05) is 12.4 Å². The molecule has 0 heterocycles. The van der Waals surface area contributed by atoms with Crippen LogP contribution in [-0.4, -0.2) is 18.2 Å². The Morgan fingerprint density at radius 2 is 2.19 bits per heavy atom. The zero-order valence-electron chi connectivity index (χ0n) is 9.54. The molecule has 2 nitrogen and oxygen atoms in total. The summed E-state index contributed by atoms with van der Waals surface area (Å²) < 4.78 is 5.15. The molecule has 3 heteroatoms. The highest BCUT2D eigenvalue weighted by Crippen LogP contribution is 2.14.